The molecular formula is C18H15N3O4. The van der Waals surface area contributed by atoms with Crippen LogP contribution in [0.1, 0.15) is 18.1 Å². The van der Waals surface area contributed by atoms with E-state index in [0.717, 1.165) is 17.2 Å². The van der Waals surface area contributed by atoms with E-state index in [1.807, 2.05) is 31.2 Å². The number of allylic oxidation sites excluding steroid dienone is 5. The smallest absolute Gasteiger partial charge is 0.265 e. The second kappa shape index (κ2) is 8.30. The lowest BCUT2D eigenvalue weighted by atomic mass is 10.1. The molecule has 0 radical (unpaired) electrons. The third kappa shape index (κ3) is 4.68. The number of aromatic nitrogens is 1. The molecule has 126 valence electrons. The summed E-state index contributed by atoms with van der Waals surface area (Å²) in [5.41, 5.74) is 1.53. The molecule has 0 aliphatic rings. The number of hydrogen-bond acceptors (Lipinski definition) is 5. The molecule has 0 bridgehead atoms. The Bertz CT molecular complexity index is 871. The van der Waals surface area contributed by atoms with E-state index in [2.05, 4.69) is 4.98 Å². The van der Waals surface area contributed by atoms with E-state index in [9.17, 15) is 20.2 Å². The van der Waals surface area contributed by atoms with Crippen LogP contribution in [0.2, 0.25) is 0 Å². The van der Waals surface area contributed by atoms with Gasteiger partial charge in [-0.1, -0.05) is 24.3 Å². The number of non-ortho nitro benzene ring substituents is 1. The topological polar surface area (TPSA) is 99.2 Å². The molecule has 1 heterocycles. The first-order chi connectivity index (χ1) is 12.0. The zero-order chi connectivity index (χ0) is 18.2. The number of benzene rings is 1. The Labute approximate surface area is 143 Å². The average molecular weight is 337 g/mol. The Balaban J connectivity index is 2.37. The monoisotopic (exact) mass is 337 g/mol. The molecule has 0 aliphatic carbocycles. The summed E-state index contributed by atoms with van der Waals surface area (Å²) in [7, 11) is 0. The van der Waals surface area contributed by atoms with Crippen LogP contribution >= 0.6 is 0 Å². The fourth-order valence-corrected chi connectivity index (χ4v) is 2.17. The van der Waals surface area contributed by atoms with Crippen LogP contribution in [0, 0.1) is 20.2 Å². The maximum Gasteiger partial charge on any atom is 0.283 e. The number of nitrogens with zero attached hydrogens (tertiary/aromatic N) is 3. The minimum absolute atomic E-state index is 0.293. The lowest BCUT2D eigenvalue weighted by Crippen LogP contribution is -1.94. The first kappa shape index (κ1) is 17.7. The highest BCUT2D eigenvalue weighted by Gasteiger charge is 2.17. The highest BCUT2D eigenvalue weighted by molar-refractivity contribution is 5.76. The van der Waals surface area contributed by atoms with Gasteiger partial charge in [0.25, 0.3) is 11.4 Å². The van der Waals surface area contributed by atoms with Gasteiger partial charge in [-0.3, -0.25) is 25.2 Å². The van der Waals surface area contributed by atoms with Gasteiger partial charge in [0.05, 0.1) is 21.5 Å². The van der Waals surface area contributed by atoms with Gasteiger partial charge in [0, 0.05) is 18.5 Å². The molecule has 0 amide bonds. The standard InChI is InChI=1S/C18H15N3O4/c1-2-4-14(15-9-11-19-12-10-15)5-3-6-16-7-8-17(20(22)23)13-18(16)21(24)25/h2-13H,1H3/b4-2-,6-3+,14-5+. The molecule has 0 atom stereocenters. The highest BCUT2D eigenvalue weighted by atomic mass is 16.6. The van der Waals surface area contributed by atoms with E-state index < -0.39 is 9.85 Å². The van der Waals surface area contributed by atoms with Gasteiger partial charge >= 0.3 is 0 Å². The van der Waals surface area contributed by atoms with Crippen LogP contribution in [0.3, 0.4) is 0 Å². The van der Waals surface area contributed by atoms with Gasteiger partial charge in [0.2, 0.25) is 0 Å². The normalized spacial score (nSPS) is 12.0. The van der Waals surface area contributed by atoms with Crippen molar-refractivity contribution in [2.24, 2.45) is 0 Å². The van der Waals surface area contributed by atoms with Crippen molar-refractivity contribution < 1.29 is 9.85 Å². The van der Waals surface area contributed by atoms with Gasteiger partial charge in [-0.05, 0) is 42.3 Å². The molecule has 1 aromatic carbocycles. The third-order valence-corrected chi connectivity index (χ3v) is 3.33. The van der Waals surface area contributed by atoms with Crippen LogP contribution in [0.5, 0.6) is 0 Å². The fraction of sp³-hybridized carbons (Fsp3) is 0.0556. The minimum Gasteiger partial charge on any atom is -0.265 e. The predicted molar refractivity (Wildman–Crippen MR) is 95.8 cm³/mol. The van der Waals surface area contributed by atoms with Crippen molar-refractivity contribution in [3.63, 3.8) is 0 Å². The lowest BCUT2D eigenvalue weighted by molar-refractivity contribution is -0.394. The Morgan fingerprint density at radius 3 is 2.40 bits per heavy atom. The number of nitro benzene ring substituents is 2. The van der Waals surface area contributed by atoms with E-state index in [4.69, 9.17) is 0 Å². The molecule has 0 fully saturated rings. The van der Waals surface area contributed by atoms with Crippen LogP contribution in [-0.2, 0) is 0 Å². The van der Waals surface area contributed by atoms with E-state index in [0.29, 0.717) is 5.56 Å². The van der Waals surface area contributed by atoms with Crippen LogP contribution in [0.15, 0.2) is 67.0 Å². The second-order valence-corrected chi connectivity index (χ2v) is 4.97. The van der Waals surface area contributed by atoms with Crippen molar-refractivity contribution >= 4 is 23.0 Å². The Morgan fingerprint density at radius 2 is 1.80 bits per heavy atom. The maximum atomic E-state index is 11.1. The van der Waals surface area contributed by atoms with Crippen molar-refractivity contribution in [2.75, 3.05) is 0 Å². The summed E-state index contributed by atoms with van der Waals surface area (Å²) >= 11 is 0. The second-order valence-electron chi connectivity index (χ2n) is 4.97. The SMILES string of the molecule is C\C=C/C(=C\C=C\c1ccc([N+](=O)[O-])cc1[N+](=O)[O-])c1ccncc1. The number of pyridine rings is 1. The van der Waals surface area contributed by atoms with E-state index in [-0.39, 0.29) is 11.4 Å². The molecule has 2 rings (SSSR count). The Morgan fingerprint density at radius 1 is 1.08 bits per heavy atom. The van der Waals surface area contributed by atoms with Crippen molar-refractivity contribution in [2.45, 2.75) is 6.92 Å². The summed E-state index contributed by atoms with van der Waals surface area (Å²) in [6.45, 7) is 1.89. The first-order valence-corrected chi connectivity index (χ1v) is 7.37. The third-order valence-electron chi connectivity index (χ3n) is 3.33. The van der Waals surface area contributed by atoms with Gasteiger partial charge < -0.3 is 0 Å². The van der Waals surface area contributed by atoms with Crippen LogP contribution in [0.4, 0.5) is 11.4 Å². The van der Waals surface area contributed by atoms with Crippen LogP contribution < -0.4 is 0 Å². The van der Waals surface area contributed by atoms with Crippen LogP contribution in [0.25, 0.3) is 11.6 Å². The number of nitro groups is 2. The summed E-state index contributed by atoms with van der Waals surface area (Å²) in [5, 5.41) is 21.9. The molecule has 0 saturated carbocycles. The van der Waals surface area contributed by atoms with E-state index >= 15 is 0 Å². The van der Waals surface area contributed by atoms with Gasteiger partial charge in [0.15, 0.2) is 0 Å². The summed E-state index contributed by atoms with van der Waals surface area (Å²) in [6.07, 6.45) is 12.2. The maximum absolute atomic E-state index is 11.1. The van der Waals surface area contributed by atoms with Gasteiger partial charge in [0.1, 0.15) is 0 Å². The zero-order valence-electron chi connectivity index (χ0n) is 13.4. The molecule has 2 aromatic rings. The molecule has 7 nitrogen and oxygen atoms in total. The van der Waals surface area contributed by atoms with E-state index in [1.54, 1.807) is 30.6 Å². The Kier molecular flexibility index (Phi) is 5.89. The van der Waals surface area contributed by atoms with Crippen molar-refractivity contribution in [1.82, 2.24) is 4.98 Å². The molecule has 0 N–H and O–H groups in total. The summed E-state index contributed by atoms with van der Waals surface area (Å²) in [6, 6.07) is 7.27. The largest absolute Gasteiger partial charge is 0.283 e. The highest BCUT2D eigenvalue weighted by Crippen LogP contribution is 2.26. The zero-order valence-corrected chi connectivity index (χ0v) is 13.4. The molecule has 0 unspecified atom stereocenters. The van der Waals surface area contributed by atoms with Gasteiger partial charge in [-0.25, -0.2) is 0 Å². The van der Waals surface area contributed by atoms with Crippen molar-refractivity contribution in [3.05, 3.63) is 98.4 Å². The van der Waals surface area contributed by atoms with E-state index in [1.165, 1.54) is 12.1 Å². The molecule has 0 saturated heterocycles. The molecule has 25 heavy (non-hydrogen) atoms. The molecular weight excluding hydrogens is 322 g/mol. The molecule has 1 aromatic heterocycles. The Hall–Kier alpha value is -3.61. The molecule has 0 aliphatic heterocycles. The summed E-state index contributed by atoms with van der Waals surface area (Å²) in [5.74, 6) is 0. The van der Waals surface area contributed by atoms with Gasteiger partial charge in [-0.2, -0.15) is 0 Å². The average Bonchev–Trinajstić information content (AvgIpc) is 2.61. The van der Waals surface area contributed by atoms with Crippen molar-refractivity contribution in [1.29, 1.82) is 0 Å². The minimum atomic E-state index is -0.659. The van der Waals surface area contributed by atoms with Crippen LogP contribution in [-0.4, -0.2) is 14.8 Å². The van der Waals surface area contributed by atoms with Gasteiger partial charge in [-0.15, -0.1) is 0 Å². The quantitative estimate of drug-likeness (QED) is 0.436. The molecule has 0 spiro atoms. The summed E-state index contributed by atoms with van der Waals surface area (Å²) < 4.78 is 0. The number of hydrogen-bond donors (Lipinski definition) is 0. The first-order valence-electron chi connectivity index (χ1n) is 7.37. The molecule has 7 heteroatoms. The fourth-order valence-electron chi connectivity index (χ4n) is 2.17. The van der Waals surface area contributed by atoms with Crippen molar-refractivity contribution in [3.8, 4) is 0 Å². The summed E-state index contributed by atoms with van der Waals surface area (Å²) in [4.78, 5) is 24.6. The predicted octanol–water partition coefficient (Wildman–Crippen LogP) is 4.57. The number of rotatable bonds is 6. The lowest BCUT2D eigenvalue weighted by Gasteiger charge is -2.01.